The Hall–Kier alpha value is -1.49. The number of nitrogens with zero attached hydrogens (tertiary/aromatic N) is 1. The van der Waals surface area contributed by atoms with E-state index in [2.05, 4.69) is 37.4 Å². The molecule has 0 heterocycles. The number of hydrogen-bond donors (Lipinski definition) is 1. The zero-order chi connectivity index (χ0) is 10.4. The maximum atomic E-state index is 8.43. The van der Waals surface area contributed by atoms with Crippen molar-refractivity contribution < 1.29 is 0 Å². The summed E-state index contributed by atoms with van der Waals surface area (Å²) in [5.74, 6) is 0.515. The largest absolute Gasteiger partial charge is 0.384 e. The van der Waals surface area contributed by atoms with Gasteiger partial charge in [0.15, 0.2) is 0 Å². The molecule has 0 atom stereocenters. The van der Waals surface area contributed by atoms with Crippen LogP contribution in [0.25, 0.3) is 0 Å². The summed E-state index contributed by atoms with van der Waals surface area (Å²) in [6, 6.07) is 10.4. The van der Waals surface area contributed by atoms with E-state index in [4.69, 9.17) is 5.26 Å². The van der Waals surface area contributed by atoms with E-state index in [1.807, 2.05) is 12.1 Å². The number of anilines is 1. The predicted molar refractivity (Wildman–Crippen MR) is 59.3 cm³/mol. The van der Waals surface area contributed by atoms with E-state index in [1.54, 1.807) is 0 Å². The summed E-state index contributed by atoms with van der Waals surface area (Å²) in [5.41, 5.74) is 2.46. The number of benzene rings is 1. The molecule has 1 rings (SSSR count). The Morgan fingerprint density at radius 1 is 1.36 bits per heavy atom. The minimum atomic E-state index is 0.515. The van der Waals surface area contributed by atoms with Crippen LogP contribution >= 0.6 is 0 Å². The highest BCUT2D eigenvalue weighted by Gasteiger charge is 2.03. The number of nitrogens with one attached hydrogen (secondary N) is 1. The second-order valence-electron chi connectivity index (χ2n) is 3.58. The summed E-state index contributed by atoms with van der Waals surface area (Å²) in [5, 5.41) is 11.7. The molecule has 2 nitrogen and oxygen atoms in total. The quantitative estimate of drug-likeness (QED) is 0.737. The molecule has 74 valence electrons. The summed E-state index contributed by atoms with van der Waals surface area (Å²) in [6.45, 7) is 5.07. The van der Waals surface area contributed by atoms with Crippen LogP contribution in [0.1, 0.15) is 31.7 Å². The lowest BCUT2D eigenvalue weighted by molar-refractivity contribution is 0.865. The lowest BCUT2D eigenvalue weighted by Gasteiger charge is -2.13. The van der Waals surface area contributed by atoms with E-state index in [0.29, 0.717) is 12.3 Å². The molecule has 0 aromatic heterocycles. The Labute approximate surface area is 85.6 Å². The van der Waals surface area contributed by atoms with E-state index in [9.17, 15) is 0 Å². The van der Waals surface area contributed by atoms with Gasteiger partial charge in [0.05, 0.1) is 12.5 Å². The molecule has 1 aromatic rings. The molecule has 0 saturated carbocycles. The molecule has 0 aliphatic rings. The molecule has 1 aromatic carbocycles. The van der Waals surface area contributed by atoms with E-state index in [1.165, 1.54) is 5.56 Å². The minimum Gasteiger partial charge on any atom is -0.384 e. The molecular weight excluding hydrogens is 172 g/mol. The number of nitriles is 1. The van der Waals surface area contributed by atoms with Gasteiger partial charge in [-0.15, -0.1) is 0 Å². The number of para-hydroxylation sites is 1. The van der Waals surface area contributed by atoms with Gasteiger partial charge in [0.25, 0.3) is 0 Å². The molecule has 0 spiro atoms. The summed E-state index contributed by atoms with van der Waals surface area (Å²) < 4.78 is 0. The maximum absolute atomic E-state index is 8.43. The Balaban J connectivity index is 2.70. The van der Waals surface area contributed by atoms with Gasteiger partial charge in [0.1, 0.15) is 0 Å². The van der Waals surface area contributed by atoms with Crippen molar-refractivity contribution >= 4 is 5.69 Å². The first-order chi connectivity index (χ1) is 6.75. The monoisotopic (exact) mass is 188 g/mol. The predicted octanol–water partition coefficient (Wildman–Crippen LogP) is 3.14. The van der Waals surface area contributed by atoms with Crippen LogP contribution in [0.5, 0.6) is 0 Å². The standard InChI is InChI=1S/C12H16N2/c1-10(2)11-6-3-4-7-12(11)14-9-5-8-13/h3-4,6-7,10,14H,5,9H2,1-2H3. The second-order valence-corrected chi connectivity index (χ2v) is 3.58. The van der Waals surface area contributed by atoms with Gasteiger partial charge in [-0.05, 0) is 17.5 Å². The third kappa shape index (κ3) is 2.77. The number of rotatable bonds is 4. The van der Waals surface area contributed by atoms with Gasteiger partial charge in [-0.2, -0.15) is 5.26 Å². The second kappa shape index (κ2) is 5.29. The zero-order valence-electron chi connectivity index (χ0n) is 8.75. The lowest BCUT2D eigenvalue weighted by atomic mass is 10.0. The fourth-order valence-electron chi connectivity index (χ4n) is 1.41. The topological polar surface area (TPSA) is 35.8 Å². The molecular formula is C12H16N2. The third-order valence-corrected chi connectivity index (χ3v) is 2.14. The molecule has 0 saturated heterocycles. The van der Waals surface area contributed by atoms with Gasteiger partial charge in [-0.1, -0.05) is 32.0 Å². The van der Waals surface area contributed by atoms with E-state index < -0.39 is 0 Å². The van der Waals surface area contributed by atoms with Gasteiger partial charge in [-0.25, -0.2) is 0 Å². The molecule has 0 amide bonds. The van der Waals surface area contributed by atoms with Gasteiger partial charge in [0.2, 0.25) is 0 Å². The molecule has 0 bridgehead atoms. The average Bonchev–Trinajstić information content (AvgIpc) is 2.19. The summed E-state index contributed by atoms with van der Waals surface area (Å²) in [7, 11) is 0. The van der Waals surface area contributed by atoms with Crippen molar-refractivity contribution in [3.05, 3.63) is 29.8 Å². The van der Waals surface area contributed by atoms with Crippen LogP contribution in [-0.4, -0.2) is 6.54 Å². The van der Waals surface area contributed by atoms with E-state index >= 15 is 0 Å². The van der Waals surface area contributed by atoms with Crippen molar-refractivity contribution in [3.8, 4) is 6.07 Å². The Morgan fingerprint density at radius 3 is 2.71 bits per heavy atom. The van der Waals surface area contributed by atoms with Crippen LogP contribution in [-0.2, 0) is 0 Å². The van der Waals surface area contributed by atoms with E-state index in [-0.39, 0.29) is 0 Å². The van der Waals surface area contributed by atoms with Crippen molar-refractivity contribution in [1.82, 2.24) is 0 Å². The normalized spacial score (nSPS) is 9.86. The highest BCUT2D eigenvalue weighted by molar-refractivity contribution is 5.52. The highest BCUT2D eigenvalue weighted by Crippen LogP contribution is 2.23. The van der Waals surface area contributed by atoms with Crippen LogP contribution in [0.4, 0.5) is 5.69 Å². The lowest BCUT2D eigenvalue weighted by Crippen LogP contribution is -2.04. The van der Waals surface area contributed by atoms with Crippen LogP contribution in [0, 0.1) is 11.3 Å². The molecule has 0 radical (unpaired) electrons. The summed E-state index contributed by atoms with van der Waals surface area (Å²) in [6.07, 6.45) is 0.548. The zero-order valence-corrected chi connectivity index (χ0v) is 8.75. The molecule has 0 aliphatic carbocycles. The maximum Gasteiger partial charge on any atom is 0.0640 e. The van der Waals surface area contributed by atoms with Gasteiger partial charge >= 0.3 is 0 Å². The van der Waals surface area contributed by atoms with Crippen LogP contribution in [0.3, 0.4) is 0 Å². The van der Waals surface area contributed by atoms with Crippen molar-refractivity contribution in [2.45, 2.75) is 26.2 Å². The molecule has 2 heteroatoms. The van der Waals surface area contributed by atoms with Crippen molar-refractivity contribution in [2.75, 3.05) is 11.9 Å². The number of hydrogen-bond acceptors (Lipinski definition) is 2. The van der Waals surface area contributed by atoms with Crippen molar-refractivity contribution in [2.24, 2.45) is 0 Å². The fraction of sp³-hybridized carbons (Fsp3) is 0.417. The summed E-state index contributed by atoms with van der Waals surface area (Å²) in [4.78, 5) is 0. The van der Waals surface area contributed by atoms with Gasteiger partial charge < -0.3 is 5.32 Å². The first kappa shape index (κ1) is 10.6. The van der Waals surface area contributed by atoms with E-state index in [0.717, 1.165) is 12.2 Å². The SMILES string of the molecule is CC(C)c1ccccc1NCCC#N. The fourth-order valence-corrected chi connectivity index (χ4v) is 1.41. The van der Waals surface area contributed by atoms with Crippen LogP contribution in [0.15, 0.2) is 24.3 Å². The van der Waals surface area contributed by atoms with Gasteiger partial charge in [0, 0.05) is 12.2 Å². The third-order valence-electron chi connectivity index (χ3n) is 2.14. The molecule has 0 aliphatic heterocycles. The first-order valence-corrected chi connectivity index (χ1v) is 4.95. The van der Waals surface area contributed by atoms with Crippen molar-refractivity contribution in [1.29, 1.82) is 5.26 Å². The smallest absolute Gasteiger partial charge is 0.0640 e. The Morgan fingerprint density at radius 2 is 2.07 bits per heavy atom. The average molecular weight is 188 g/mol. The Kier molecular flexibility index (Phi) is 4.00. The highest BCUT2D eigenvalue weighted by atomic mass is 14.9. The Bertz CT molecular complexity index is 323. The van der Waals surface area contributed by atoms with Crippen LogP contribution in [0.2, 0.25) is 0 Å². The minimum absolute atomic E-state index is 0.515. The first-order valence-electron chi connectivity index (χ1n) is 4.95. The van der Waals surface area contributed by atoms with Crippen molar-refractivity contribution in [3.63, 3.8) is 0 Å². The molecule has 14 heavy (non-hydrogen) atoms. The van der Waals surface area contributed by atoms with Gasteiger partial charge in [-0.3, -0.25) is 0 Å². The molecule has 0 fully saturated rings. The molecule has 0 unspecified atom stereocenters. The summed E-state index contributed by atoms with van der Waals surface area (Å²) >= 11 is 0. The molecule has 1 N–H and O–H groups in total. The van der Waals surface area contributed by atoms with Crippen LogP contribution < -0.4 is 5.32 Å².